The number of anilines is 1. The molecule has 0 spiro atoms. The molecule has 0 amide bonds. The lowest BCUT2D eigenvalue weighted by molar-refractivity contribution is 0.560. The van der Waals surface area contributed by atoms with Crippen LogP contribution < -0.4 is 4.90 Å². The molecule has 0 radical (unpaired) electrons. The molecule has 4 heterocycles. The minimum atomic E-state index is 0.597. The van der Waals surface area contributed by atoms with Gasteiger partial charge in [0.05, 0.1) is 11.9 Å². The highest BCUT2D eigenvalue weighted by Gasteiger charge is 2.25. The van der Waals surface area contributed by atoms with Crippen molar-refractivity contribution in [3.8, 4) is 11.4 Å². The average molecular weight is 405 g/mol. The number of thiophene rings is 1. The lowest BCUT2D eigenvalue weighted by Crippen LogP contribution is -2.35. The molecule has 3 aromatic heterocycles. The molecule has 1 aliphatic heterocycles. The van der Waals surface area contributed by atoms with Gasteiger partial charge in [-0.15, -0.1) is 21.5 Å². The first-order valence-corrected chi connectivity index (χ1v) is 11.0. The molecule has 0 saturated heterocycles. The summed E-state index contributed by atoms with van der Waals surface area (Å²) in [5.74, 6) is 4.39. The third-order valence-corrected chi connectivity index (χ3v) is 6.24. The fraction of sp³-hybridized carbons (Fsp3) is 0.364. The van der Waals surface area contributed by atoms with E-state index in [9.17, 15) is 0 Å². The van der Waals surface area contributed by atoms with Gasteiger partial charge in [-0.2, -0.15) is 0 Å². The summed E-state index contributed by atoms with van der Waals surface area (Å²) < 4.78 is 2.24. The van der Waals surface area contributed by atoms with E-state index in [2.05, 4.69) is 51.0 Å². The van der Waals surface area contributed by atoms with Crippen molar-refractivity contribution in [2.45, 2.75) is 40.3 Å². The van der Waals surface area contributed by atoms with Gasteiger partial charge in [0.25, 0.3) is 0 Å². The van der Waals surface area contributed by atoms with E-state index in [-0.39, 0.29) is 0 Å². The zero-order valence-corrected chi connectivity index (χ0v) is 17.8. The standard InChI is InChI=1S/C22H24N6S/c1-14(2)11-17-13-29-22-19(17)21(23-15(3)24-22)27-9-10-28-18(12-27)25-26-20(28)16-7-5-4-6-8-16/h4-8,13-14H,9-12H2,1-3H3. The van der Waals surface area contributed by atoms with Crippen LogP contribution in [0.5, 0.6) is 0 Å². The zero-order valence-electron chi connectivity index (χ0n) is 17.0. The van der Waals surface area contributed by atoms with Crippen molar-refractivity contribution < 1.29 is 0 Å². The van der Waals surface area contributed by atoms with Crippen molar-refractivity contribution in [2.75, 3.05) is 11.4 Å². The van der Waals surface area contributed by atoms with Gasteiger partial charge in [-0.1, -0.05) is 44.2 Å². The maximum atomic E-state index is 4.87. The Morgan fingerprint density at radius 3 is 2.69 bits per heavy atom. The molecule has 0 bridgehead atoms. The Bertz CT molecular complexity index is 1160. The Morgan fingerprint density at radius 2 is 1.90 bits per heavy atom. The Balaban J connectivity index is 1.53. The van der Waals surface area contributed by atoms with Crippen molar-refractivity contribution in [2.24, 2.45) is 5.92 Å². The second-order valence-corrected chi connectivity index (χ2v) is 8.87. The van der Waals surface area contributed by atoms with Crippen LogP contribution in [0.1, 0.15) is 31.1 Å². The molecule has 4 aromatic rings. The van der Waals surface area contributed by atoms with E-state index < -0.39 is 0 Å². The second-order valence-electron chi connectivity index (χ2n) is 8.01. The zero-order chi connectivity index (χ0) is 20.0. The molecule has 0 unspecified atom stereocenters. The lowest BCUT2D eigenvalue weighted by Gasteiger charge is -2.29. The minimum absolute atomic E-state index is 0.597. The Morgan fingerprint density at radius 1 is 1.07 bits per heavy atom. The molecule has 0 N–H and O–H groups in total. The summed E-state index contributed by atoms with van der Waals surface area (Å²) in [6.45, 7) is 8.93. The monoisotopic (exact) mass is 404 g/mol. The number of fused-ring (bicyclic) bond motifs is 2. The molecule has 1 aromatic carbocycles. The summed E-state index contributed by atoms with van der Waals surface area (Å²) in [6.07, 6.45) is 1.04. The number of aromatic nitrogens is 5. The molecule has 148 valence electrons. The highest BCUT2D eigenvalue weighted by Crippen LogP contribution is 2.35. The Hall–Kier alpha value is -2.80. The molecule has 0 atom stereocenters. The highest BCUT2D eigenvalue weighted by molar-refractivity contribution is 7.17. The van der Waals surface area contributed by atoms with Crippen LogP contribution >= 0.6 is 11.3 Å². The van der Waals surface area contributed by atoms with Gasteiger partial charge in [0.1, 0.15) is 16.5 Å². The van der Waals surface area contributed by atoms with Crippen molar-refractivity contribution in [3.05, 3.63) is 52.9 Å². The maximum absolute atomic E-state index is 4.87. The van der Waals surface area contributed by atoms with Crippen LogP contribution in [0.3, 0.4) is 0 Å². The number of hydrogen-bond acceptors (Lipinski definition) is 6. The van der Waals surface area contributed by atoms with Crippen LogP contribution in [0.15, 0.2) is 35.7 Å². The minimum Gasteiger partial charge on any atom is -0.347 e. The van der Waals surface area contributed by atoms with Gasteiger partial charge in [0, 0.05) is 18.7 Å². The molecular weight excluding hydrogens is 380 g/mol. The highest BCUT2D eigenvalue weighted by atomic mass is 32.1. The molecule has 0 fully saturated rings. The summed E-state index contributed by atoms with van der Waals surface area (Å²) >= 11 is 1.72. The fourth-order valence-electron chi connectivity index (χ4n) is 4.04. The van der Waals surface area contributed by atoms with E-state index in [1.165, 1.54) is 10.9 Å². The van der Waals surface area contributed by atoms with Gasteiger partial charge in [-0.25, -0.2) is 9.97 Å². The number of aryl methyl sites for hydroxylation is 1. The van der Waals surface area contributed by atoms with Crippen molar-refractivity contribution >= 4 is 27.4 Å². The summed E-state index contributed by atoms with van der Waals surface area (Å²) in [7, 11) is 0. The summed E-state index contributed by atoms with van der Waals surface area (Å²) in [4.78, 5) is 13.0. The number of benzene rings is 1. The van der Waals surface area contributed by atoms with Crippen LogP contribution in [-0.2, 0) is 19.5 Å². The summed E-state index contributed by atoms with van der Waals surface area (Å²) in [6, 6.07) is 10.3. The first-order valence-electron chi connectivity index (χ1n) is 10.1. The average Bonchev–Trinajstić information content (AvgIpc) is 3.31. The van der Waals surface area contributed by atoms with E-state index in [4.69, 9.17) is 9.97 Å². The smallest absolute Gasteiger partial charge is 0.164 e. The third-order valence-electron chi connectivity index (χ3n) is 5.32. The van der Waals surface area contributed by atoms with Crippen LogP contribution in [0.2, 0.25) is 0 Å². The maximum Gasteiger partial charge on any atom is 0.164 e. The normalized spacial score (nSPS) is 14.0. The number of nitrogens with zero attached hydrogens (tertiary/aromatic N) is 6. The predicted octanol–water partition coefficient (Wildman–Crippen LogP) is 4.48. The molecule has 6 nitrogen and oxygen atoms in total. The van der Waals surface area contributed by atoms with Crippen LogP contribution in [0, 0.1) is 12.8 Å². The van der Waals surface area contributed by atoms with E-state index in [1.54, 1.807) is 11.3 Å². The van der Waals surface area contributed by atoms with E-state index >= 15 is 0 Å². The molecular formula is C22H24N6S. The van der Waals surface area contributed by atoms with Gasteiger partial charge < -0.3 is 9.47 Å². The van der Waals surface area contributed by atoms with Crippen LogP contribution in [0.4, 0.5) is 5.82 Å². The summed E-state index contributed by atoms with van der Waals surface area (Å²) in [5.41, 5.74) is 2.46. The second kappa shape index (κ2) is 7.22. The quantitative estimate of drug-likeness (QED) is 0.502. The lowest BCUT2D eigenvalue weighted by atomic mass is 10.0. The van der Waals surface area contributed by atoms with Crippen LogP contribution in [0.25, 0.3) is 21.6 Å². The first-order chi connectivity index (χ1) is 14.1. The van der Waals surface area contributed by atoms with Crippen molar-refractivity contribution in [1.29, 1.82) is 0 Å². The van der Waals surface area contributed by atoms with Crippen molar-refractivity contribution in [1.82, 2.24) is 24.7 Å². The van der Waals surface area contributed by atoms with E-state index in [0.29, 0.717) is 12.5 Å². The Kier molecular flexibility index (Phi) is 4.54. The predicted molar refractivity (Wildman–Crippen MR) is 117 cm³/mol. The molecule has 0 saturated carbocycles. The van der Waals surface area contributed by atoms with E-state index in [0.717, 1.165) is 53.2 Å². The van der Waals surface area contributed by atoms with Crippen LogP contribution in [-0.4, -0.2) is 31.3 Å². The van der Waals surface area contributed by atoms with Gasteiger partial charge in [-0.3, -0.25) is 0 Å². The topological polar surface area (TPSA) is 59.7 Å². The number of rotatable bonds is 4. The van der Waals surface area contributed by atoms with E-state index in [1.807, 2.05) is 25.1 Å². The SMILES string of the molecule is Cc1nc(N2CCn3c(nnc3-c3ccccc3)C2)c2c(CC(C)C)csc2n1. The Labute approximate surface area is 174 Å². The summed E-state index contributed by atoms with van der Waals surface area (Å²) in [5, 5.41) is 12.4. The van der Waals surface area contributed by atoms with Crippen molar-refractivity contribution in [3.63, 3.8) is 0 Å². The van der Waals surface area contributed by atoms with Gasteiger partial charge in [0.15, 0.2) is 11.6 Å². The largest absolute Gasteiger partial charge is 0.347 e. The molecule has 0 aliphatic carbocycles. The fourth-order valence-corrected chi connectivity index (χ4v) is 5.04. The first kappa shape index (κ1) is 18.2. The van der Waals surface area contributed by atoms with Gasteiger partial charge in [-0.05, 0) is 30.2 Å². The number of hydrogen-bond donors (Lipinski definition) is 0. The van der Waals surface area contributed by atoms with Gasteiger partial charge in [0.2, 0.25) is 0 Å². The molecule has 29 heavy (non-hydrogen) atoms. The third kappa shape index (κ3) is 3.29. The van der Waals surface area contributed by atoms with Gasteiger partial charge >= 0.3 is 0 Å². The molecule has 5 rings (SSSR count). The molecule has 1 aliphatic rings. The molecule has 7 heteroatoms.